The summed E-state index contributed by atoms with van der Waals surface area (Å²) in [5.74, 6) is -1.12. The molecule has 1 heterocycles. The minimum atomic E-state index is -2.92. The Kier molecular flexibility index (Phi) is 3.41. The summed E-state index contributed by atoms with van der Waals surface area (Å²) in [5, 5.41) is -0.307. The molecule has 0 amide bonds. The van der Waals surface area contributed by atoms with E-state index in [1.807, 2.05) is 0 Å². The summed E-state index contributed by atoms with van der Waals surface area (Å²) in [6.07, 6.45) is -2.92. The van der Waals surface area contributed by atoms with Gasteiger partial charge in [-0.05, 0) is 6.07 Å². The summed E-state index contributed by atoms with van der Waals surface area (Å²) >= 11 is 5.52. The second-order valence-corrected chi connectivity index (χ2v) is 2.99. The second-order valence-electron chi connectivity index (χ2n) is 2.58. The number of methoxy groups -OCH3 is 1. The Hall–Kier alpha value is -1.43. The van der Waals surface area contributed by atoms with E-state index < -0.39 is 23.7 Å². The number of ether oxygens (including phenoxy) is 1. The van der Waals surface area contributed by atoms with Gasteiger partial charge in [-0.25, -0.2) is 18.6 Å². The van der Waals surface area contributed by atoms with Crippen LogP contribution >= 0.6 is 11.6 Å². The Morgan fingerprint density at radius 1 is 1.67 bits per heavy atom. The number of carbonyl (C=O) groups is 1. The van der Waals surface area contributed by atoms with E-state index in [0.29, 0.717) is 0 Å². The quantitative estimate of drug-likeness (QED) is 0.798. The number of hydrogen-bond acceptors (Lipinski definition) is 4. The molecule has 82 valence electrons. The lowest BCUT2D eigenvalue weighted by Crippen LogP contribution is -2.11. The monoisotopic (exact) mass is 236 g/mol. The van der Waals surface area contributed by atoms with E-state index in [0.717, 1.165) is 13.2 Å². The number of hydrogen-bond donors (Lipinski definition) is 1. The lowest BCUT2D eigenvalue weighted by atomic mass is 10.2. The third kappa shape index (κ3) is 2.33. The SMILES string of the molecule is COC(=O)c1nc(N)cc(Cl)c1C(F)F. The van der Waals surface area contributed by atoms with Crippen molar-refractivity contribution in [2.45, 2.75) is 6.43 Å². The van der Waals surface area contributed by atoms with Crippen LogP contribution in [0.4, 0.5) is 14.6 Å². The zero-order chi connectivity index (χ0) is 11.6. The van der Waals surface area contributed by atoms with Crippen molar-refractivity contribution in [1.29, 1.82) is 0 Å². The van der Waals surface area contributed by atoms with Gasteiger partial charge in [0, 0.05) is 0 Å². The van der Waals surface area contributed by atoms with Gasteiger partial charge >= 0.3 is 5.97 Å². The largest absolute Gasteiger partial charge is 0.464 e. The van der Waals surface area contributed by atoms with Crippen LogP contribution in [0.15, 0.2) is 6.07 Å². The Morgan fingerprint density at radius 3 is 2.73 bits per heavy atom. The molecule has 0 bridgehead atoms. The van der Waals surface area contributed by atoms with Gasteiger partial charge in [-0.15, -0.1) is 0 Å². The van der Waals surface area contributed by atoms with Gasteiger partial charge in [0.05, 0.1) is 17.7 Å². The number of rotatable bonds is 2. The van der Waals surface area contributed by atoms with Crippen LogP contribution in [-0.2, 0) is 4.74 Å². The summed E-state index contributed by atoms with van der Waals surface area (Å²) in [4.78, 5) is 14.6. The first-order chi connectivity index (χ1) is 6.97. The first kappa shape index (κ1) is 11.6. The molecule has 0 atom stereocenters. The average Bonchev–Trinajstić information content (AvgIpc) is 2.14. The molecule has 1 rings (SSSR count). The maximum Gasteiger partial charge on any atom is 0.357 e. The number of nitrogen functional groups attached to an aromatic ring is 1. The molecule has 0 aliphatic carbocycles. The van der Waals surface area contributed by atoms with E-state index >= 15 is 0 Å². The van der Waals surface area contributed by atoms with Gasteiger partial charge in [0.15, 0.2) is 5.69 Å². The van der Waals surface area contributed by atoms with E-state index in [4.69, 9.17) is 17.3 Å². The van der Waals surface area contributed by atoms with Gasteiger partial charge < -0.3 is 10.5 Å². The first-order valence-corrected chi connectivity index (χ1v) is 4.17. The van der Waals surface area contributed by atoms with Crippen molar-refractivity contribution < 1.29 is 18.3 Å². The fourth-order valence-electron chi connectivity index (χ4n) is 1.00. The molecule has 1 aromatic heterocycles. The van der Waals surface area contributed by atoms with Gasteiger partial charge in [-0.2, -0.15) is 0 Å². The van der Waals surface area contributed by atoms with Gasteiger partial charge in [0.1, 0.15) is 5.82 Å². The summed E-state index contributed by atoms with van der Waals surface area (Å²) in [6.45, 7) is 0. The smallest absolute Gasteiger partial charge is 0.357 e. The summed E-state index contributed by atoms with van der Waals surface area (Å²) in [6, 6.07) is 1.05. The Labute approximate surface area is 89.0 Å². The molecule has 7 heteroatoms. The highest BCUT2D eigenvalue weighted by Crippen LogP contribution is 2.30. The maximum atomic E-state index is 12.5. The maximum absolute atomic E-state index is 12.5. The van der Waals surface area contributed by atoms with Gasteiger partial charge in [-0.3, -0.25) is 0 Å². The second kappa shape index (κ2) is 4.39. The topological polar surface area (TPSA) is 65.2 Å². The zero-order valence-corrected chi connectivity index (χ0v) is 8.39. The fourth-order valence-corrected chi connectivity index (χ4v) is 1.29. The van der Waals surface area contributed by atoms with Crippen molar-refractivity contribution in [1.82, 2.24) is 4.98 Å². The Balaban J connectivity index is 3.40. The van der Waals surface area contributed by atoms with Crippen LogP contribution in [0.25, 0.3) is 0 Å². The number of carbonyl (C=O) groups excluding carboxylic acids is 1. The van der Waals surface area contributed by atoms with E-state index in [-0.39, 0.29) is 10.8 Å². The molecule has 0 aromatic carbocycles. The minimum Gasteiger partial charge on any atom is -0.464 e. The van der Waals surface area contributed by atoms with Gasteiger partial charge in [0.25, 0.3) is 6.43 Å². The number of halogens is 3. The predicted octanol–water partition coefficient (Wildman–Crippen LogP) is 2.04. The van der Waals surface area contributed by atoms with Crippen molar-refractivity contribution in [3.05, 3.63) is 22.3 Å². The van der Waals surface area contributed by atoms with Gasteiger partial charge in [0.2, 0.25) is 0 Å². The number of nitrogens with two attached hydrogens (primary N) is 1. The number of alkyl halides is 2. The van der Waals surface area contributed by atoms with Crippen LogP contribution in [0.5, 0.6) is 0 Å². The molecule has 4 nitrogen and oxygen atoms in total. The number of pyridine rings is 1. The third-order valence-corrected chi connectivity index (χ3v) is 1.94. The normalized spacial score (nSPS) is 10.5. The number of anilines is 1. The molecule has 0 spiro atoms. The molecule has 1 aromatic rings. The average molecular weight is 237 g/mol. The molecular formula is C8H7ClF2N2O2. The van der Waals surface area contributed by atoms with E-state index in [9.17, 15) is 13.6 Å². The standard InChI is InChI=1S/C8H7ClF2N2O2/c1-15-8(14)6-5(7(10)11)3(9)2-4(12)13-6/h2,7H,1H3,(H2,12,13). The highest BCUT2D eigenvalue weighted by molar-refractivity contribution is 6.32. The highest BCUT2D eigenvalue weighted by Gasteiger charge is 2.24. The lowest BCUT2D eigenvalue weighted by Gasteiger charge is -2.08. The van der Waals surface area contributed by atoms with Crippen LogP contribution in [-0.4, -0.2) is 18.1 Å². The van der Waals surface area contributed by atoms with Crippen molar-refractivity contribution in [3.8, 4) is 0 Å². The van der Waals surface area contributed by atoms with Crippen molar-refractivity contribution in [2.75, 3.05) is 12.8 Å². The number of aromatic nitrogens is 1. The third-order valence-electron chi connectivity index (χ3n) is 1.62. The van der Waals surface area contributed by atoms with Crippen molar-refractivity contribution in [2.24, 2.45) is 0 Å². The molecule has 15 heavy (non-hydrogen) atoms. The summed E-state index contributed by atoms with van der Waals surface area (Å²) in [7, 11) is 1.05. The van der Waals surface area contributed by atoms with E-state index in [2.05, 4.69) is 9.72 Å². The predicted molar refractivity (Wildman–Crippen MR) is 50.0 cm³/mol. The van der Waals surface area contributed by atoms with Crippen LogP contribution in [0.3, 0.4) is 0 Å². The first-order valence-electron chi connectivity index (χ1n) is 3.79. The van der Waals surface area contributed by atoms with E-state index in [1.165, 1.54) is 0 Å². The molecule has 0 radical (unpaired) electrons. The molecule has 0 saturated heterocycles. The van der Waals surface area contributed by atoms with Crippen molar-refractivity contribution >= 4 is 23.4 Å². The Morgan fingerprint density at radius 2 is 2.27 bits per heavy atom. The fraction of sp³-hybridized carbons (Fsp3) is 0.250. The highest BCUT2D eigenvalue weighted by atomic mass is 35.5. The Bertz CT molecular complexity index is 398. The van der Waals surface area contributed by atoms with Gasteiger partial charge in [-0.1, -0.05) is 11.6 Å². The van der Waals surface area contributed by atoms with Crippen LogP contribution in [0.2, 0.25) is 5.02 Å². The summed E-state index contributed by atoms with van der Waals surface area (Å²) < 4.78 is 29.4. The van der Waals surface area contributed by atoms with Crippen LogP contribution in [0.1, 0.15) is 22.5 Å². The van der Waals surface area contributed by atoms with Crippen molar-refractivity contribution in [3.63, 3.8) is 0 Å². The molecule has 0 unspecified atom stereocenters. The molecular weight excluding hydrogens is 230 g/mol. The van der Waals surface area contributed by atoms with Crippen LogP contribution in [0, 0.1) is 0 Å². The molecule has 0 fully saturated rings. The lowest BCUT2D eigenvalue weighted by molar-refractivity contribution is 0.0582. The number of esters is 1. The molecule has 0 aliphatic rings. The van der Waals surface area contributed by atoms with Crippen LogP contribution < -0.4 is 5.73 Å². The zero-order valence-electron chi connectivity index (χ0n) is 7.63. The molecule has 0 saturated carbocycles. The molecule has 2 N–H and O–H groups in total. The summed E-state index contributed by atoms with van der Waals surface area (Å²) in [5.41, 5.74) is 4.05. The van der Waals surface area contributed by atoms with E-state index in [1.54, 1.807) is 0 Å². The minimum absolute atomic E-state index is 0.121. The molecule has 0 aliphatic heterocycles. The number of nitrogens with zero attached hydrogens (tertiary/aromatic N) is 1.